The average Bonchev–Trinajstić information content (AvgIpc) is 2.31. The van der Waals surface area contributed by atoms with Crippen LogP contribution in [0.2, 0.25) is 5.02 Å². The molecule has 1 N–H and O–H groups in total. The maximum absolute atomic E-state index is 12.2. The molecule has 0 aromatic heterocycles. The summed E-state index contributed by atoms with van der Waals surface area (Å²) in [6, 6.07) is 11.0. The fourth-order valence-electron chi connectivity index (χ4n) is 1.83. The lowest BCUT2D eigenvalue weighted by Crippen LogP contribution is -2.13. The summed E-state index contributed by atoms with van der Waals surface area (Å²) in [6.07, 6.45) is 0. The van der Waals surface area contributed by atoms with E-state index in [1.165, 1.54) is 0 Å². The number of amides is 1. The molecular weight excluding hydrogens is 326 g/mol. The number of halogens is 2. The van der Waals surface area contributed by atoms with Crippen LogP contribution in [0.1, 0.15) is 21.5 Å². The van der Waals surface area contributed by atoms with E-state index in [1.807, 2.05) is 32.0 Å². The van der Waals surface area contributed by atoms with Gasteiger partial charge in [0.05, 0.1) is 0 Å². The predicted molar refractivity (Wildman–Crippen MR) is 83.0 cm³/mol. The van der Waals surface area contributed by atoms with Gasteiger partial charge < -0.3 is 5.32 Å². The Morgan fingerprint density at radius 2 is 1.89 bits per heavy atom. The summed E-state index contributed by atoms with van der Waals surface area (Å²) in [6.45, 7) is 3.86. The summed E-state index contributed by atoms with van der Waals surface area (Å²) in [7, 11) is 0. The summed E-state index contributed by atoms with van der Waals surface area (Å²) in [4.78, 5) is 12.2. The molecular formula is C15H13BrClNO. The first-order chi connectivity index (χ1) is 8.95. The minimum atomic E-state index is -0.130. The Morgan fingerprint density at radius 1 is 1.16 bits per heavy atom. The Balaban J connectivity index is 2.25. The molecule has 0 bridgehead atoms. The number of carbonyl (C=O) groups is 1. The molecule has 0 saturated carbocycles. The predicted octanol–water partition coefficient (Wildman–Crippen LogP) is 4.97. The van der Waals surface area contributed by atoms with E-state index in [2.05, 4.69) is 21.2 Å². The molecule has 1 amide bonds. The smallest absolute Gasteiger partial charge is 0.255 e. The van der Waals surface area contributed by atoms with Gasteiger partial charge in [0.15, 0.2) is 0 Å². The molecule has 19 heavy (non-hydrogen) atoms. The number of benzene rings is 2. The zero-order chi connectivity index (χ0) is 14.0. The maximum Gasteiger partial charge on any atom is 0.255 e. The molecule has 0 heterocycles. The minimum Gasteiger partial charge on any atom is -0.322 e. The maximum atomic E-state index is 12.2. The van der Waals surface area contributed by atoms with Crippen molar-refractivity contribution in [2.75, 3.05) is 5.32 Å². The van der Waals surface area contributed by atoms with Crippen molar-refractivity contribution >= 4 is 39.1 Å². The van der Waals surface area contributed by atoms with E-state index in [-0.39, 0.29) is 5.91 Å². The molecule has 2 rings (SSSR count). The molecule has 2 aromatic carbocycles. The number of nitrogens with one attached hydrogen (secondary N) is 1. The van der Waals surface area contributed by atoms with Crippen LogP contribution in [-0.2, 0) is 0 Å². The normalized spacial score (nSPS) is 10.3. The monoisotopic (exact) mass is 337 g/mol. The van der Waals surface area contributed by atoms with Crippen LogP contribution in [-0.4, -0.2) is 5.91 Å². The third-order valence-electron chi connectivity index (χ3n) is 2.74. The molecule has 0 spiro atoms. The molecule has 0 fully saturated rings. The Hall–Kier alpha value is -1.32. The Kier molecular flexibility index (Phi) is 4.27. The Bertz CT molecular complexity index is 620. The Morgan fingerprint density at radius 3 is 2.53 bits per heavy atom. The second-order valence-electron chi connectivity index (χ2n) is 4.43. The fourth-order valence-corrected chi connectivity index (χ4v) is 2.66. The molecule has 0 aliphatic rings. The highest BCUT2D eigenvalue weighted by molar-refractivity contribution is 9.10. The van der Waals surface area contributed by atoms with Crippen molar-refractivity contribution in [1.29, 1.82) is 0 Å². The van der Waals surface area contributed by atoms with E-state index in [1.54, 1.807) is 18.2 Å². The summed E-state index contributed by atoms with van der Waals surface area (Å²) in [5, 5.41) is 3.55. The van der Waals surface area contributed by atoms with Gasteiger partial charge in [-0.2, -0.15) is 0 Å². The molecule has 0 atom stereocenters. The third kappa shape index (κ3) is 3.58. The molecule has 0 saturated heterocycles. The summed E-state index contributed by atoms with van der Waals surface area (Å²) < 4.78 is 0.894. The summed E-state index contributed by atoms with van der Waals surface area (Å²) in [5.74, 6) is -0.130. The zero-order valence-corrected chi connectivity index (χ0v) is 13.0. The molecule has 0 aliphatic heterocycles. The van der Waals surface area contributed by atoms with Crippen LogP contribution in [0.5, 0.6) is 0 Å². The number of hydrogen-bond donors (Lipinski definition) is 1. The first kappa shape index (κ1) is 14.1. The van der Waals surface area contributed by atoms with Crippen LogP contribution >= 0.6 is 27.5 Å². The van der Waals surface area contributed by atoms with Crippen molar-refractivity contribution in [3.05, 3.63) is 62.6 Å². The number of rotatable bonds is 2. The topological polar surface area (TPSA) is 29.1 Å². The number of anilines is 1. The van der Waals surface area contributed by atoms with Crippen molar-refractivity contribution < 1.29 is 4.79 Å². The standard InChI is InChI=1S/C15H13BrClNO/c1-9-5-11(8-12(16)6-9)15(19)18-14-4-3-13(17)7-10(14)2/h3-8H,1-2H3,(H,18,19). The van der Waals surface area contributed by atoms with Gasteiger partial charge in [0.25, 0.3) is 5.91 Å². The average molecular weight is 339 g/mol. The van der Waals surface area contributed by atoms with E-state index in [4.69, 9.17) is 11.6 Å². The van der Waals surface area contributed by atoms with E-state index in [9.17, 15) is 4.79 Å². The number of carbonyl (C=O) groups excluding carboxylic acids is 1. The van der Waals surface area contributed by atoms with Gasteiger partial charge in [-0.1, -0.05) is 27.5 Å². The van der Waals surface area contributed by atoms with Gasteiger partial charge in [0, 0.05) is 20.7 Å². The molecule has 0 aliphatic carbocycles. The highest BCUT2D eigenvalue weighted by Crippen LogP contribution is 2.21. The zero-order valence-electron chi connectivity index (χ0n) is 10.6. The van der Waals surface area contributed by atoms with Crippen LogP contribution in [0.25, 0.3) is 0 Å². The van der Waals surface area contributed by atoms with Gasteiger partial charge in [-0.15, -0.1) is 0 Å². The fraction of sp³-hybridized carbons (Fsp3) is 0.133. The summed E-state index contributed by atoms with van der Waals surface area (Å²) in [5.41, 5.74) is 3.37. The third-order valence-corrected chi connectivity index (χ3v) is 3.43. The largest absolute Gasteiger partial charge is 0.322 e. The highest BCUT2D eigenvalue weighted by atomic mass is 79.9. The molecule has 4 heteroatoms. The SMILES string of the molecule is Cc1cc(Br)cc(C(=O)Nc2ccc(Cl)cc2C)c1. The van der Waals surface area contributed by atoms with Gasteiger partial charge in [-0.05, 0) is 61.4 Å². The molecule has 2 nitrogen and oxygen atoms in total. The molecule has 0 unspecified atom stereocenters. The van der Waals surface area contributed by atoms with E-state index in [0.717, 1.165) is 21.3 Å². The number of aryl methyl sites for hydroxylation is 2. The lowest BCUT2D eigenvalue weighted by atomic mass is 10.1. The van der Waals surface area contributed by atoms with Crippen LogP contribution in [0, 0.1) is 13.8 Å². The van der Waals surface area contributed by atoms with E-state index < -0.39 is 0 Å². The first-order valence-corrected chi connectivity index (χ1v) is 6.97. The van der Waals surface area contributed by atoms with Crippen LogP contribution in [0.3, 0.4) is 0 Å². The van der Waals surface area contributed by atoms with Crippen molar-refractivity contribution in [3.8, 4) is 0 Å². The molecule has 2 aromatic rings. The van der Waals surface area contributed by atoms with Crippen molar-refractivity contribution in [1.82, 2.24) is 0 Å². The molecule has 98 valence electrons. The second-order valence-corrected chi connectivity index (χ2v) is 5.78. The first-order valence-electron chi connectivity index (χ1n) is 5.80. The van der Waals surface area contributed by atoms with Crippen LogP contribution < -0.4 is 5.32 Å². The van der Waals surface area contributed by atoms with Gasteiger partial charge >= 0.3 is 0 Å². The van der Waals surface area contributed by atoms with Gasteiger partial charge in [-0.25, -0.2) is 0 Å². The van der Waals surface area contributed by atoms with Crippen molar-refractivity contribution in [2.45, 2.75) is 13.8 Å². The minimum absolute atomic E-state index is 0.130. The lowest BCUT2D eigenvalue weighted by Gasteiger charge is -2.09. The van der Waals surface area contributed by atoms with Crippen LogP contribution in [0.15, 0.2) is 40.9 Å². The van der Waals surface area contributed by atoms with Gasteiger partial charge in [-0.3, -0.25) is 4.79 Å². The second kappa shape index (κ2) is 5.76. The highest BCUT2D eigenvalue weighted by Gasteiger charge is 2.09. The Labute approximate surface area is 125 Å². The molecule has 0 radical (unpaired) electrons. The summed E-state index contributed by atoms with van der Waals surface area (Å²) >= 11 is 9.29. The van der Waals surface area contributed by atoms with Crippen LogP contribution in [0.4, 0.5) is 5.69 Å². The van der Waals surface area contributed by atoms with E-state index >= 15 is 0 Å². The quantitative estimate of drug-likeness (QED) is 0.823. The van der Waals surface area contributed by atoms with Gasteiger partial charge in [0.2, 0.25) is 0 Å². The van der Waals surface area contributed by atoms with Crippen molar-refractivity contribution in [3.63, 3.8) is 0 Å². The lowest BCUT2D eigenvalue weighted by molar-refractivity contribution is 0.102. The van der Waals surface area contributed by atoms with Crippen molar-refractivity contribution in [2.24, 2.45) is 0 Å². The van der Waals surface area contributed by atoms with E-state index in [0.29, 0.717) is 10.6 Å². The van der Waals surface area contributed by atoms with Gasteiger partial charge in [0.1, 0.15) is 0 Å². The number of hydrogen-bond acceptors (Lipinski definition) is 1.